The van der Waals surface area contributed by atoms with Crippen LogP contribution in [0.1, 0.15) is 164 Å². The lowest BCUT2D eigenvalue weighted by Crippen LogP contribution is -2.19. The first-order chi connectivity index (χ1) is 18.6. The molecule has 2 atom stereocenters. The largest absolute Gasteiger partial charge is 0.462 e. The Labute approximate surface area is 234 Å². The van der Waals surface area contributed by atoms with E-state index in [-0.39, 0.29) is 0 Å². The molecular formula is C34H58O4. The fourth-order valence-corrected chi connectivity index (χ4v) is 5.25. The number of carbonyl (C=O) groups is 2. The van der Waals surface area contributed by atoms with E-state index in [4.69, 9.17) is 9.47 Å². The van der Waals surface area contributed by atoms with Gasteiger partial charge in [0.25, 0.3) is 0 Å². The summed E-state index contributed by atoms with van der Waals surface area (Å²) in [6.45, 7) is 9.54. The summed E-state index contributed by atoms with van der Waals surface area (Å²) in [6, 6.07) is 6.86. The second-order valence-corrected chi connectivity index (χ2v) is 11.2. The maximum Gasteiger partial charge on any atom is 0.339 e. The zero-order valence-corrected chi connectivity index (χ0v) is 25.2. The van der Waals surface area contributed by atoms with E-state index in [0.29, 0.717) is 36.2 Å². The number of unbranched alkanes of at least 4 members (excludes halogenated alkanes) is 4. The minimum atomic E-state index is -0.429. The maximum absolute atomic E-state index is 12.8. The normalized spacial score (nSPS) is 14.6. The Hall–Kier alpha value is -1.84. The van der Waals surface area contributed by atoms with Crippen LogP contribution >= 0.6 is 0 Å². The smallest absolute Gasteiger partial charge is 0.339 e. The molecule has 0 bridgehead atoms. The molecule has 4 heteroatoms. The highest BCUT2D eigenvalue weighted by Crippen LogP contribution is 2.20. The molecule has 0 spiro atoms. The standard InChI is InChI=1S/C28H46O4.C6H12/c1-5-9-11-17-23(15-7-3)21-31-27(29)25-19-13-14-20-26(25)28(30)32-22-24(16-8-4)18-12-10-6-2;1-2-4-6-5-3-1/h13-14,19-20,23-24H,5-12,15-18,21-22H2,1-4H3;1-6H2. The molecule has 0 N–H and O–H groups in total. The SMILES string of the molecule is C1CCCCC1.CCCCCC(CCC)COC(=O)c1ccccc1C(=O)OCC(CCC)CCCCC. The zero-order chi connectivity index (χ0) is 27.8. The Balaban J connectivity index is 0.00000105. The van der Waals surface area contributed by atoms with Gasteiger partial charge in [0.05, 0.1) is 24.3 Å². The Morgan fingerprint density at radius 3 is 1.26 bits per heavy atom. The summed E-state index contributed by atoms with van der Waals surface area (Å²) in [7, 11) is 0. The third-order valence-electron chi connectivity index (χ3n) is 7.59. The average molecular weight is 531 g/mol. The second kappa shape index (κ2) is 23.1. The molecule has 1 aliphatic rings. The van der Waals surface area contributed by atoms with Crippen molar-refractivity contribution in [3.63, 3.8) is 0 Å². The van der Waals surface area contributed by atoms with Crippen LogP contribution < -0.4 is 0 Å². The Bertz CT molecular complexity index is 658. The number of esters is 2. The quantitative estimate of drug-likeness (QED) is 0.140. The molecule has 0 aliphatic heterocycles. The number of carbonyl (C=O) groups excluding carboxylic acids is 2. The lowest BCUT2D eigenvalue weighted by Gasteiger charge is -2.18. The minimum absolute atomic E-state index is 0.305. The predicted octanol–water partition coefficient (Wildman–Crippen LogP) is 10.3. The Kier molecular flexibility index (Phi) is 20.8. The predicted molar refractivity (Wildman–Crippen MR) is 160 cm³/mol. The van der Waals surface area contributed by atoms with E-state index in [0.717, 1.165) is 38.5 Å². The van der Waals surface area contributed by atoms with Gasteiger partial charge < -0.3 is 9.47 Å². The van der Waals surface area contributed by atoms with Gasteiger partial charge in [-0.2, -0.15) is 0 Å². The van der Waals surface area contributed by atoms with Crippen molar-refractivity contribution in [3.8, 4) is 0 Å². The summed E-state index contributed by atoms with van der Waals surface area (Å²) in [5.74, 6) is -0.0931. The highest BCUT2D eigenvalue weighted by molar-refractivity contribution is 6.03. The van der Waals surface area contributed by atoms with Crippen LogP contribution in [0, 0.1) is 11.8 Å². The molecule has 0 saturated heterocycles. The number of ether oxygens (including phenoxy) is 2. The van der Waals surface area contributed by atoms with Crippen molar-refractivity contribution in [2.45, 2.75) is 143 Å². The maximum atomic E-state index is 12.8. The van der Waals surface area contributed by atoms with Gasteiger partial charge in [-0.25, -0.2) is 9.59 Å². The van der Waals surface area contributed by atoms with Crippen LogP contribution in [0.3, 0.4) is 0 Å². The van der Waals surface area contributed by atoms with Crippen LogP contribution in [0.2, 0.25) is 0 Å². The van der Waals surface area contributed by atoms with Crippen molar-refractivity contribution in [1.29, 1.82) is 0 Å². The Morgan fingerprint density at radius 2 is 0.947 bits per heavy atom. The summed E-state index contributed by atoms with van der Waals surface area (Å²) in [5, 5.41) is 0. The van der Waals surface area contributed by atoms with Gasteiger partial charge in [-0.1, -0.05) is 130 Å². The molecule has 2 rings (SSSR count). The number of benzene rings is 1. The first kappa shape index (κ1) is 34.2. The molecule has 1 saturated carbocycles. The van der Waals surface area contributed by atoms with Gasteiger partial charge in [0, 0.05) is 0 Å². The third-order valence-corrected chi connectivity index (χ3v) is 7.59. The molecule has 218 valence electrons. The van der Waals surface area contributed by atoms with Gasteiger partial charge in [0.1, 0.15) is 0 Å². The third kappa shape index (κ3) is 15.5. The molecule has 1 aliphatic carbocycles. The molecule has 0 amide bonds. The number of rotatable bonds is 18. The molecule has 1 aromatic carbocycles. The molecule has 0 aromatic heterocycles. The van der Waals surface area contributed by atoms with Crippen LogP contribution in [0.15, 0.2) is 24.3 Å². The number of hydrogen-bond donors (Lipinski definition) is 0. The van der Waals surface area contributed by atoms with Crippen molar-refractivity contribution in [2.24, 2.45) is 11.8 Å². The fraction of sp³-hybridized carbons (Fsp3) is 0.765. The summed E-state index contributed by atoms with van der Waals surface area (Å²) >= 11 is 0. The summed E-state index contributed by atoms with van der Waals surface area (Å²) in [6.07, 6.45) is 22.5. The molecule has 0 heterocycles. The Morgan fingerprint density at radius 1 is 0.579 bits per heavy atom. The molecule has 0 radical (unpaired) electrons. The first-order valence-corrected chi connectivity index (χ1v) is 16.0. The van der Waals surface area contributed by atoms with Crippen LogP contribution in [0.4, 0.5) is 0 Å². The van der Waals surface area contributed by atoms with Gasteiger partial charge >= 0.3 is 11.9 Å². The van der Waals surface area contributed by atoms with Crippen molar-refractivity contribution >= 4 is 11.9 Å². The molecule has 1 aromatic rings. The second-order valence-electron chi connectivity index (χ2n) is 11.2. The molecule has 1 fully saturated rings. The fourth-order valence-electron chi connectivity index (χ4n) is 5.25. The average Bonchev–Trinajstić information content (AvgIpc) is 2.95. The van der Waals surface area contributed by atoms with E-state index in [1.165, 1.54) is 77.0 Å². The van der Waals surface area contributed by atoms with E-state index >= 15 is 0 Å². The van der Waals surface area contributed by atoms with E-state index in [9.17, 15) is 9.59 Å². The van der Waals surface area contributed by atoms with E-state index in [1.807, 2.05) is 0 Å². The van der Waals surface area contributed by atoms with Crippen LogP contribution in [-0.2, 0) is 9.47 Å². The topological polar surface area (TPSA) is 52.6 Å². The zero-order valence-electron chi connectivity index (χ0n) is 25.2. The van der Waals surface area contributed by atoms with E-state index < -0.39 is 11.9 Å². The highest BCUT2D eigenvalue weighted by Gasteiger charge is 2.21. The number of hydrogen-bond acceptors (Lipinski definition) is 4. The highest BCUT2D eigenvalue weighted by atomic mass is 16.5. The van der Waals surface area contributed by atoms with Crippen molar-refractivity contribution in [3.05, 3.63) is 35.4 Å². The van der Waals surface area contributed by atoms with Gasteiger partial charge in [-0.3, -0.25) is 0 Å². The summed E-state index contributed by atoms with van der Waals surface area (Å²) < 4.78 is 11.3. The van der Waals surface area contributed by atoms with Crippen LogP contribution in [-0.4, -0.2) is 25.2 Å². The monoisotopic (exact) mass is 530 g/mol. The van der Waals surface area contributed by atoms with Crippen molar-refractivity contribution in [2.75, 3.05) is 13.2 Å². The molecular weight excluding hydrogens is 472 g/mol. The van der Waals surface area contributed by atoms with Gasteiger partial charge in [-0.15, -0.1) is 0 Å². The molecule has 2 unspecified atom stereocenters. The van der Waals surface area contributed by atoms with Crippen molar-refractivity contribution in [1.82, 2.24) is 0 Å². The lowest BCUT2D eigenvalue weighted by molar-refractivity contribution is 0.0377. The van der Waals surface area contributed by atoms with Gasteiger partial charge in [0.2, 0.25) is 0 Å². The lowest BCUT2D eigenvalue weighted by atomic mass is 9.97. The minimum Gasteiger partial charge on any atom is -0.462 e. The first-order valence-electron chi connectivity index (χ1n) is 16.0. The van der Waals surface area contributed by atoms with Crippen LogP contribution in [0.5, 0.6) is 0 Å². The summed E-state index contributed by atoms with van der Waals surface area (Å²) in [4.78, 5) is 25.6. The van der Waals surface area contributed by atoms with E-state index in [1.54, 1.807) is 24.3 Å². The van der Waals surface area contributed by atoms with Gasteiger partial charge in [-0.05, 0) is 49.7 Å². The van der Waals surface area contributed by atoms with Crippen LogP contribution in [0.25, 0.3) is 0 Å². The van der Waals surface area contributed by atoms with Crippen molar-refractivity contribution < 1.29 is 19.1 Å². The molecule has 38 heavy (non-hydrogen) atoms. The van der Waals surface area contributed by atoms with Gasteiger partial charge in [0.15, 0.2) is 0 Å². The van der Waals surface area contributed by atoms with E-state index in [2.05, 4.69) is 27.7 Å². The summed E-state index contributed by atoms with van der Waals surface area (Å²) in [5.41, 5.74) is 0.610. The molecule has 4 nitrogen and oxygen atoms in total.